The van der Waals surface area contributed by atoms with Crippen molar-refractivity contribution in [2.45, 2.75) is 26.3 Å². The molecule has 0 radical (unpaired) electrons. The van der Waals surface area contributed by atoms with Crippen LogP contribution in [-0.4, -0.2) is 12.5 Å². The zero-order valence-corrected chi connectivity index (χ0v) is 11.8. The monoisotopic (exact) mass is 298 g/mol. The molecular formula is C13H19BrN2O. The van der Waals surface area contributed by atoms with Crippen LogP contribution in [0.5, 0.6) is 0 Å². The Morgan fingerprint density at radius 2 is 2.06 bits per heavy atom. The summed E-state index contributed by atoms with van der Waals surface area (Å²) in [5.41, 5.74) is 6.53. The molecular weight excluding hydrogens is 280 g/mol. The van der Waals surface area contributed by atoms with Crippen molar-refractivity contribution in [1.29, 1.82) is 0 Å². The van der Waals surface area contributed by atoms with Crippen molar-refractivity contribution < 1.29 is 4.79 Å². The van der Waals surface area contributed by atoms with Gasteiger partial charge in [-0.1, -0.05) is 41.1 Å². The van der Waals surface area contributed by atoms with E-state index in [0.717, 1.165) is 10.0 Å². The molecule has 1 rings (SSSR count). The van der Waals surface area contributed by atoms with E-state index in [9.17, 15) is 4.79 Å². The highest BCUT2D eigenvalue weighted by atomic mass is 79.9. The maximum absolute atomic E-state index is 11.8. The fourth-order valence-electron chi connectivity index (χ4n) is 1.64. The lowest BCUT2D eigenvalue weighted by Gasteiger charge is -2.18. The summed E-state index contributed by atoms with van der Waals surface area (Å²) in [7, 11) is 0. The molecule has 94 valence electrons. The number of rotatable bonds is 5. The number of benzene rings is 1. The van der Waals surface area contributed by atoms with Crippen LogP contribution in [0.4, 0.5) is 0 Å². The second kappa shape index (κ2) is 6.77. The van der Waals surface area contributed by atoms with Gasteiger partial charge in [0.05, 0.1) is 6.04 Å². The van der Waals surface area contributed by atoms with Crippen LogP contribution in [0.15, 0.2) is 28.7 Å². The number of carbonyl (C=O) groups excluding carboxylic acids is 1. The largest absolute Gasteiger partial charge is 0.349 e. The van der Waals surface area contributed by atoms with Crippen molar-refractivity contribution in [2.75, 3.05) is 6.54 Å². The van der Waals surface area contributed by atoms with Crippen LogP contribution < -0.4 is 11.1 Å². The molecule has 0 bridgehead atoms. The van der Waals surface area contributed by atoms with Gasteiger partial charge in [0.25, 0.3) is 0 Å². The fraction of sp³-hybridized carbons (Fsp3) is 0.462. The van der Waals surface area contributed by atoms with Crippen LogP contribution >= 0.6 is 15.9 Å². The summed E-state index contributed by atoms with van der Waals surface area (Å²) in [5, 5.41) is 3.00. The van der Waals surface area contributed by atoms with Gasteiger partial charge in [-0.05, 0) is 31.5 Å². The third kappa shape index (κ3) is 4.13. The van der Waals surface area contributed by atoms with E-state index in [1.807, 2.05) is 38.1 Å². The van der Waals surface area contributed by atoms with E-state index in [1.54, 1.807) is 0 Å². The predicted octanol–water partition coefficient (Wildman–Crippen LogP) is 2.61. The Bertz CT molecular complexity index is 381. The van der Waals surface area contributed by atoms with Gasteiger partial charge >= 0.3 is 0 Å². The Morgan fingerprint density at radius 3 is 2.65 bits per heavy atom. The lowest BCUT2D eigenvalue weighted by molar-refractivity contribution is -0.125. The molecule has 1 aromatic rings. The number of halogens is 1. The van der Waals surface area contributed by atoms with Crippen LogP contribution in [0.1, 0.15) is 31.9 Å². The molecule has 1 aromatic carbocycles. The van der Waals surface area contributed by atoms with Gasteiger partial charge in [-0.2, -0.15) is 0 Å². The summed E-state index contributed by atoms with van der Waals surface area (Å²) in [6, 6.07) is 7.90. The van der Waals surface area contributed by atoms with Crippen molar-refractivity contribution in [1.82, 2.24) is 5.32 Å². The first-order valence-corrected chi connectivity index (χ1v) is 6.60. The molecule has 0 aliphatic heterocycles. The molecule has 0 saturated heterocycles. The first-order chi connectivity index (χ1) is 8.06. The summed E-state index contributed by atoms with van der Waals surface area (Å²) in [5.74, 6) is 0.0173. The lowest BCUT2D eigenvalue weighted by Crippen LogP contribution is -2.32. The maximum atomic E-state index is 11.8. The Kier molecular flexibility index (Phi) is 5.65. The average Bonchev–Trinajstić information content (AvgIpc) is 2.29. The fourth-order valence-corrected chi connectivity index (χ4v) is 2.27. The van der Waals surface area contributed by atoms with E-state index in [-0.39, 0.29) is 17.9 Å². The van der Waals surface area contributed by atoms with Crippen molar-refractivity contribution in [3.63, 3.8) is 0 Å². The predicted molar refractivity (Wildman–Crippen MR) is 73.5 cm³/mol. The number of nitrogens with two attached hydrogens (primary N) is 1. The Labute approximate surface area is 111 Å². The minimum atomic E-state index is -0.0371. The molecule has 3 nitrogen and oxygen atoms in total. The smallest absolute Gasteiger partial charge is 0.223 e. The Hall–Kier alpha value is -0.870. The van der Waals surface area contributed by atoms with Crippen molar-refractivity contribution in [2.24, 2.45) is 11.7 Å². The molecule has 17 heavy (non-hydrogen) atoms. The van der Waals surface area contributed by atoms with Crippen LogP contribution in [-0.2, 0) is 4.79 Å². The standard InChI is InChI=1S/C13H19BrN2O/c1-9(7-8-15)13(17)16-10(2)11-5-3-4-6-12(11)14/h3-6,9-10H,7-8,15H2,1-2H3,(H,16,17)/t9?,10-/m1/s1. The van der Waals surface area contributed by atoms with Crippen molar-refractivity contribution in [3.05, 3.63) is 34.3 Å². The van der Waals surface area contributed by atoms with E-state index in [1.165, 1.54) is 0 Å². The third-order valence-electron chi connectivity index (χ3n) is 2.78. The van der Waals surface area contributed by atoms with Crippen LogP contribution in [0, 0.1) is 5.92 Å². The molecule has 0 spiro atoms. The Balaban J connectivity index is 2.63. The van der Waals surface area contributed by atoms with Gasteiger partial charge in [-0.3, -0.25) is 4.79 Å². The summed E-state index contributed by atoms with van der Waals surface area (Å²) in [6.45, 7) is 4.42. The van der Waals surface area contributed by atoms with Gasteiger partial charge < -0.3 is 11.1 Å². The highest BCUT2D eigenvalue weighted by molar-refractivity contribution is 9.10. The second-order valence-electron chi connectivity index (χ2n) is 4.23. The summed E-state index contributed by atoms with van der Waals surface area (Å²) >= 11 is 3.48. The number of carbonyl (C=O) groups is 1. The van der Waals surface area contributed by atoms with Crippen molar-refractivity contribution in [3.8, 4) is 0 Å². The quantitative estimate of drug-likeness (QED) is 0.878. The first kappa shape index (κ1) is 14.2. The molecule has 2 atom stereocenters. The zero-order chi connectivity index (χ0) is 12.8. The summed E-state index contributed by atoms with van der Waals surface area (Å²) in [6.07, 6.45) is 0.717. The van der Waals surface area contributed by atoms with E-state index >= 15 is 0 Å². The second-order valence-corrected chi connectivity index (χ2v) is 5.08. The van der Waals surface area contributed by atoms with Gasteiger partial charge in [0.2, 0.25) is 5.91 Å². The van der Waals surface area contributed by atoms with E-state index < -0.39 is 0 Å². The van der Waals surface area contributed by atoms with Gasteiger partial charge in [0.1, 0.15) is 0 Å². The van der Waals surface area contributed by atoms with Crippen LogP contribution in [0.3, 0.4) is 0 Å². The minimum Gasteiger partial charge on any atom is -0.349 e. The van der Waals surface area contributed by atoms with E-state index in [0.29, 0.717) is 13.0 Å². The third-order valence-corrected chi connectivity index (χ3v) is 3.50. The molecule has 0 aromatic heterocycles. The maximum Gasteiger partial charge on any atom is 0.223 e. The van der Waals surface area contributed by atoms with Gasteiger partial charge in [0.15, 0.2) is 0 Å². The zero-order valence-electron chi connectivity index (χ0n) is 10.2. The molecule has 0 heterocycles. The SMILES string of the molecule is CC(CCN)C(=O)N[C@H](C)c1ccccc1Br. The minimum absolute atomic E-state index is 0.00157. The lowest BCUT2D eigenvalue weighted by atomic mass is 10.0. The Morgan fingerprint density at radius 1 is 1.41 bits per heavy atom. The normalized spacial score (nSPS) is 14.1. The number of hydrogen-bond donors (Lipinski definition) is 2. The molecule has 1 amide bonds. The number of amides is 1. The van der Waals surface area contributed by atoms with Crippen LogP contribution in [0.25, 0.3) is 0 Å². The first-order valence-electron chi connectivity index (χ1n) is 5.81. The van der Waals surface area contributed by atoms with Gasteiger partial charge in [-0.25, -0.2) is 0 Å². The highest BCUT2D eigenvalue weighted by Crippen LogP contribution is 2.23. The summed E-state index contributed by atoms with van der Waals surface area (Å²) in [4.78, 5) is 11.8. The van der Waals surface area contributed by atoms with E-state index in [2.05, 4.69) is 21.2 Å². The number of nitrogens with one attached hydrogen (secondary N) is 1. The molecule has 0 saturated carbocycles. The van der Waals surface area contributed by atoms with Crippen molar-refractivity contribution >= 4 is 21.8 Å². The van der Waals surface area contributed by atoms with Gasteiger partial charge in [0, 0.05) is 10.4 Å². The molecule has 3 N–H and O–H groups in total. The summed E-state index contributed by atoms with van der Waals surface area (Å²) < 4.78 is 1.01. The molecule has 0 aliphatic rings. The van der Waals surface area contributed by atoms with Gasteiger partial charge in [-0.15, -0.1) is 0 Å². The topological polar surface area (TPSA) is 55.1 Å². The average molecular weight is 299 g/mol. The molecule has 0 aliphatic carbocycles. The molecule has 1 unspecified atom stereocenters. The molecule has 4 heteroatoms. The van der Waals surface area contributed by atoms with E-state index in [4.69, 9.17) is 5.73 Å². The molecule has 0 fully saturated rings. The number of hydrogen-bond acceptors (Lipinski definition) is 2. The highest BCUT2D eigenvalue weighted by Gasteiger charge is 2.16. The van der Waals surface area contributed by atoms with Crippen LogP contribution in [0.2, 0.25) is 0 Å².